The van der Waals surface area contributed by atoms with Gasteiger partial charge in [-0.25, -0.2) is 0 Å². The predicted molar refractivity (Wildman–Crippen MR) is 57.5 cm³/mol. The van der Waals surface area contributed by atoms with Gasteiger partial charge in [-0.2, -0.15) is 0 Å². The number of carbonyl (C=O) groups excluding carboxylic acids is 1. The maximum atomic E-state index is 11.4. The number of ketones is 1. The van der Waals surface area contributed by atoms with E-state index in [9.17, 15) is 4.79 Å². The fourth-order valence-corrected chi connectivity index (χ4v) is 1.75. The van der Waals surface area contributed by atoms with Crippen molar-refractivity contribution in [3.05, 3.63) is 22.7 Å². The Kier molecular flexibility index (Phi) is 3.03. The molecule has 1 aliphatic rings. The fourth-order valence-electron chi connectivity index (χ4n) is 1.35. The van der Waals surface area contributed by atoms with E-state index in [-0.39, 0.29) is 11.7 Å². The Bertz CT molecular complexity index is 404. The topological polar surface area (TPSA) is 35.5 Å². The number of hydrogen-bond acceptors (Lipinski definition) is 3. The van der Waals surface area contributed by atoms with Crippen LogP contribution in [0.25, 0.3) is 0 Å². The molecular formula is C10H8Cl2O3. The molecule has 3 nitrogen and oxygen atoms in total. The summed E-state index contributed by atoms with van der Waals surface area (Å²) in [6.45, 7) is 0.968. The molecule has 1 aromatic carbocycles. The summed E-state index contributed by atoms with van der Waals surface area (Å²) in [6.07, 6.45) is 0. The van der Waals surface area contributed by atoms with Crippen LogP contribution in [0, 0.1) is 0 Å². The molecule has 0 unspecified atom stereocenters. The first-order valence-corrected chi connectivity index (χ1v) is 5.32. The SMILES string of the molecule is O=C(CCl)c1cc2c(cc1Cl)OCCO2. The number of alkyl halides is 1. The number of fused-ring (bicyclic) bond motifs is 1. The third kappa shape index (κ3) is 2.03. The normalized spacial score (nSPS) is 13.7. The molecular weight excluding hydrogens is 239 g/mol. The molecule has 0 aromatic heterocycles. The second-order valence-corrected chi connectivity index (χ2v) is 3.71. The minimum absolute atomic E-state index is 0.0979. The average Bonchev–Trinajstić information content (AvgIpc) is 2.27. The van der Waals surface area contributed by atoms with Gasteiger partial charge in [0.25, 0.3) is 0 Å². The van der Waals surface area contributed by atoms with Crippen molar-refractivity contribution in [1.82, 2.24) is 0 Å². The molecule has 0 fully saturated rings. The predicted octanol–water partition coefficient (Wildman–Crippen LogP) is 2.53. The molecule has 2 rings (SSSR count). The highest BCUT2D eigenvalue weighted by atomic mass is 35.5. The monoisotopic (exact) mass is 246 g/mol. The fraction of sp³-hybridized carbons (Fsp3) is 0.300. The van der Waals surface area contributed by atoms with E-state index in [1.807, 2.05) is 0 Å². The lowest BCUT2D eigenvalue weighted by molar-refractivity contribution is 0.102. The first-order chi connectivity index (χ1) is 7.22. The van der Waals surface area contributed by atoms with Gasteiger partial charge >= 0.3 is 0 Å². The number of ether oxygens (including phenoxy) is 2. The van der Waals surface area contributed by atoms with Gasteiger partial charge in [0.1, 0.15) is 13.2 Å². The largest absolute Gasteiger partial charge is 0.486 e. The molecule has 0 saturated carbocycles. The average molecular weight is 247 g/mol. The summed E-state index contributed by atoms with van der Waals surface area (Å²) in [5.74, 6) is 0.787. The molecule has 1 aromatic rings. The standard InChI is InChI=1S/C10H8Cl2O3/c11-5-8(13)6-3-9-10(4-7(6)12)15-2-1-14-9/h3-4H,1-2,5H2. The Morgan fingerprint density at radius 1 is 1.27 bits per heavy atom. The molecule has 1 heterocycles. The van der Waals surface area contributed by atoms with Gasteiger partial charge < -0.3 is 9.47 Å². The Hall–Kier alpha value is -0.930. The van der Waals surface area contributed by atoms with Gasteiger partial charge in [-0.3, -0.25) is 4.79 Å². The van der Waals surface area contributed by atoms with Gasteiger partial charge in [0.2, 0.25) is 0 Å². The summed E-state index contributed by atoms with van der Waals surface area (Å²) in [7, 11) is 0. The molecule has 0 atom stereocenters. The van der Waals surface area contributed by atoms with Crippen molar-refractivity contribution in [2.75, 3.05) is 19.1 Å². The van der Waals surface area contributed by atoms with Gasteiger partial charge in [-0.05, 0) is 6.07 Å². The summed E-state index contributed by atoms with van der Waals surface area (Å²) < 4.78 is 10.7. The maximum absolute atomic E-state index is 11.4. The first-order valence-electron chi connectivity index (χ1n) is 4.40. The van der Waals surface area contributed by atoms with Gasteiger partial charge in [0.05, 0.1) is 10.9 Å². The zero-order valence-electron chi connectivity index (χ0n) is 7.76. The molecule has 5 heteroatoms. The summed E-state index contributed by atoms with van der Waals surface area (Å²) >= 11 is 11.4. The Balaban J connectivity index is 2.44. The molecule has 0 radical (unpaired) electrons. The molecule has 0 aliphatic carbocycles. The molecule has 80 valence electrons. The van der Waals surface area contributed by atoms with E-state index in [0.717, 1.165) is 0 Å². The van der Waals surface area contributed by atoms with Crippen molar-refractivity contribution in [2.24, 2.45) is 0 Å². The zero-order chi connectivity index (χ0) is 10.8. The minimum atomic E-state index is -0.223. The van der Waals surface area contributed by atoms with Crippen molar-refractivity contribution in [2.45, 2.75) is 0 Å². The van der Waals surface area contributed by atoms with Gasteiger partial charge in [0, 0.05) is 11.6 Å². The third-order valence-electron chi connectivity index (χ3n) is 2.05. The van der Waals surface area contributed by atoms with Crippen LogP contribution in [0.2, 0.25) is 5.02 Å². The molecule has 1 aliphatic heterocycles. The van der Waals surface area contributed by atoms with Crippen molar-refractivity contribution in [3.8, 4) is 11.5 Å². The van der Waals surface area contributed by atoms with Crippen molar-refractivity contribution in [1.29, 1.82) is 0 Å². The molecule has 0 bridgehead atoms. The van der Waals surface area contributed by atoms with Crippen LogP contribution in [0.5, 0.6) is 11.5 Å². The van der Waals surface area contributed by atoms with E-state index >= 15 is 0 Å². The van der Waals surface area contributed by atoms with E-state index in [1.165, 1.54) is 0 Å². The lowest BCUT2D eigenvalue weighted by atomic mass is 10.1. The van der Waals surface area contributed by atoms with E-state index in [0.29, 0.717) is 35.3 Å². The van der Waals surface area contributed by atoms with Gasteiger partial charge in [-0.15, -0.1) is 11.6 Å². The van der Waals surface area contributed by atoms with Crippen LogP contribution in [0.4, 0.5) is 0 Å². The lowest BCUT2D eigenvalue weighted by Gasteiger charge is -2.19. The summed E-state index contributed by atoms with van der Waals surface area (Å²) in [6, 6.07) is 3.15. The van der Waals surface area contributed by atoms with Crippen LogP contribution in [0.15, 0.2) is 12.1 Å². The molecule has 0 saturated heterocycles. The second kappa shape index (κ2) is 4.29. The zero-order valence-corrected chi connectivity index (χ0v) is 9.27. The summed E-state index contributed by atoms with van der Waals surface area (Å²) in [5.41, 5.74) is 0.371. The number of benzene rings is 1. The number of rotatable bonds is 2. The van der Waals surface area contributed by atoms with E-state index < -0.39 is 0 Å². The van der Waals surface area contributed by atoms with Crippen LogP contribution < -0.4 is 9.47 Å². The molecule has 0 spiro atoms. The Morgan fingerprint density at radius 3 is 2.47 bits per heavy atom. The lowest BCUT2D eigenvalue weighted by Crippen LogP contribution is -2.16. The second-order valence-electron chi connectivity index (χ2n) is 3.03. The Morgan fingerprint density at radius 2 is 1.87 bits per heavy atom. The molecule has 0 N–H and O–H groups in total. The van der Waals surface area contributed by atoms with E-state index in [4.69, 9.17) is 32.7 Å². The van der Waals surface area contributed by atoms with Crippen molar-refractivity contribution in [3.63, 3.8) is 0 Å². The van der Waals surface area contributed by atoms with Crippen molar-refractivity contribution >= 4 is 29.0 Å². The minimum Gasteiger partial charge on any atom is -0.486 e. The summed E-state index contributed by atoms with van der Waals surface area (Å²) in [4.78, 5) is 11.4. The van der Waals surface area contributed by atoms with Crippen LogP contribution in [-0.4, -0.2) is 24.9 Å². The summed E-state index contributed by atoms with van der Waals surface area (Å²) in [5, 5.41) is 0.338. The maximum Gasteiger partial charge on any atom is 0.179 e. The van der Waals surface area contributed by atoms with Gasteiger partial charge in [-0.1, -0.05) is 11.6 Å². The number of hydrogen-bond donors (Lipinski definition) is 0. The third-order valence-corrected chi connectivity index (χ3v) is 2.61. The number of carbonyl (C=O) groups is 1. The molecule has 15 heavy (non-hydrogen) atoms. The van der Waals surface area contributed by atoms with Crippen molar-refractivity contribution < 1.29 is 14.3 Å². The Labute approximate surface area is 96.9 Å². The highest BCUT2D eigenvalue weighted by Gasteiger charge is 2.18. The van der Waals surface area contributed by atoms with E-state index in [1.54, 1.807) is 12.1 Å². The van der Waals surface area contributed by atoms with Crippen LogP contribution in [-0.2, 0) is 0 Å². The first kappa shape index (κ1) is 10.6. The number of Topliss-reactive ketones (excluding diaryl/α,β-unsaturated/α-hetero) is 1. The highest BCUT2D eigenvalue weighted by molar-refractivity contribution is 6.37. The van der Waals surface area contributed by atoms with Crippen LogP contribution >= 0.6 is 23.2 Å². The number of halogens is 2. The van der Waals surface area contributed by atoms with Crippen LogP contribution in [0.3, 0.4) is 0 Å². The quantitative estimate of drug-likeness (QED) is 0.595. The highest BCUT2D eigenvalue weighted by Crippen LogP contribution is 2.35. The van der Waals surface area contributed by atoms with Crippen LogP contribution in [0.1, 0.15) is 10.4 Å². The molecule has 0 amide bonds. The smallest absolute Gasteiger partial charge is 0.179 e. The van der Waals surface area contributed by atoms with E-state index in [2.05, 4.69) is 0 Å². The van der Waals surface area contributed by atoms with Gasteiger partial charge in [0.15, 0.2) is 17.3 Å².